The number of hydrogen-bond donors (Lipinski definition) is 1. The molecule has 0 saturated heterocycles. The summed E-state index contributed by atoms with van der Waals surface area (Å²) in [6, 6.07) is 3.87. The lowest BCUT2D eigenvalue weighted by molar-refractivity contribution is 0.478. The average Bonchev–Trinajstić information content (AvgIpc) is 2.77. The van der Waals surface area contributed by atoms with E-state index in [9.17, 15) is 8.78 Å². The van der Waals surface area contributed by atoms with Crippen LogP contribution >= 0.6 is 0 Å². The van der Waals surface area contributed by atoms with Gasteiger partial charge in [-0.05, 0) is 12.1 Å². The first-order chi connectivity index (χ1) is 8.58. The van der Waals surface area contributed by atoms with Gasteiger partial charge in [-0.15, -0.1) is 5.10 Å². The van der Waals surface area contributed by atoms with Crippen LogP contribution in [0.1, 0.15) is 31.2 Å². The van der Waals surface area contributed by atoms with Crippen LogP contribution in [0.25, 0.3) is 0 Å². The molecule has 0 saturated carbocycles. The first kappa shape index (κ1) is 12.5. The molecule has 1 N–H and O–H groups in total. The van der Waals surface area contributed by atoms with Gasteiger partial charge < -0.3 is 9.73 Å². The summed E-state index contributed by atoms with van der Waals surface area (Å²) in [4.78, 5) is 0. The van der Waals surface area contributed by atoms with Crippen molar-refractivity contribution in [1.82, 2.24) is 10.2 Å². The standard InChI is InChI=1S/C12H13F2N3O/c1-7(2)11-16-17-12(18-11)15-6-8-9(13)4-3-5-10(8)14/h3-5,7H,6H2,1-2H3,(H,15,17). The molecule has 2 aromatic rings. The molecule has 0 aliphatic heterocycles. The van der Waals surface area contributed by atoms with Crippen LogP contribution in [0.4, 0.5) is 14.8 Å². The maximum absolute atomic E-state index is 13.3. The SMILES string of the molecule is CC(C)c1nnc(NCc2c(F)cccc2F)o1. The molecule has 0 fully saturated rings. The third-order valence-electron chi connectivity index (χ3n) is 2.41. The van der Waals surface area contributed by atoms with E-state index in [4.69, 9.17) is 4.42 Å². The largest absolute Gasteiger partial charge is 0.408 e. The molecule has 0 unspecified atom stereocenters. The maximum atomic E-state index is 13.3. The number of hydrogen-bond acceptors (Lipinski definition) is 4. The number of halogens is 2. The lowest BCUT2D eigenvalue weighted by Crippen LogP contribution is -2.04. The topological polar surface area (TPSA) is 51.0 Å². The van der Waals surface area contributed by atoms with Crippen molar-refractivity contribution in [1.29, 1.82) is 0 Å². The predicted octanol–water partition coefficient (Wildman–Crippen LogP) is 3.08. The second-order valence-corrected chi connectivity index (χ2v) is 4.15. The van der Waals surface area contributed by atoms with Crippen molar-refractivity contribution < 1.29 is 13.2 Å². The van der Waals surface area contributed by atoms with Gasteiger partial charge in [0, 0.05) is 11.5 Å². The summed E-state index contributed by atoms with van der Waals surface area (Å²) in [5.41, 5.74) is -0.0539. The number of aromatic nitrogens is 2. The summed E-state index contributed by atoms with van der Waals surface area (Å²) >= 11 is 0. The Bertz CT molecular complexity index is 520. The molecular weight excluding hydrogens is 240 g/mol. The molecule has 0 aliphatic rings. The Balaban J connectivity index is 2.07. The molecule has 0 atom stereocenters. The van der Waals surface area contributed by atoms with Gasteiger partial charge in [0.25, 0.3) is 0 Å². The molecule has 0 aliphatic carbocycles. The van der Waals surface area contributed by atoms with Gasteiger partial charge in [0.05, 0.1) is 6.54 Å². The lowest BCUT2D eigenvalue weighted by atomic mass is 10.2. The highest BCUT2D eigenvalue weighted by molar-refractivity contribution is 5.26. The van der Waals surface area contributed by atoms with Crippen molar-refractivity contribution in [3.05, 3.63) is 41.3 Å². The van der Waals surface area contributed by atoms with Crippen molar-refractivity contribution in [3.63, 3.8) is 0 Å². The average molecular weight is 253 g/mol. The summed E-state index contributed by atoms with van der Waals surface area (Å²) in [7, 11) is 0. The minimum Gasteiger partial charge on any atom is -0.408 e. The van der Waals surface area contributed by atoms with Crippen molar-refractivity contribution in [3.8, 4) is 0 Å². The third kappa shape index (κ3) is 2.64. The minimum absolute atomic E-state index is 0.0434. The Morgan fingerprint density at radius 2 is 1.89 bits per heavy atom. The second-order valence-electron chi connectivity index (χ2n) is 4.15. The molecular formula is C12H13F2N3O. The van der Waals surface area contributed by atoms with Gasteiger partial charge in [-0.25, -0.2) is 8.78 Å². The molecule has 0 radical (unpaired) electrons. The van der Waals surface area contributed by atoms with E-state index in [0.29, 0.717) is 5.89 Å². The van der Waals surface area contributed by atoms with Gasteiger partial charge in [0.1, 0.15) is 11.6 Å². The van der Waals surface area contributed by atoms with Gasteiger partial charge in [-0.1, -0.05) is 25.0 Å². The molecule has 1 aromatic carbocycles. The summed E-state index contributed by atoms with van der Waals surface area (Å²) in [5, 5.41) is 10.2. The smallest absolute Gasteiger partial charge is 0.315 e. The Morgan fingerprint density at radius 1 is 1.22 bits per heavy atom. The number of nitrogens with zero attached hydrogens (tertiary/aromatic N) is 2. The number of anilines is 1. The molecule has 1 aromatic heterocycles. The summed E-state index contributed by atoms with van der Waals surface area (Å²) in [6.45, 7) is 3.78. The van der Waals surface area contributed by atoms with E-state index < -0.39 is 11.6 Å². The van der Waals surface area contributed by atoms with Gasteiger partial charge in [0.15, 0.2) is 0 Å². The van der Waals surface area contributed by atoms with Crippen molar-refractivity contribution in [2.75, 3.05) is 5.32 Å². The van der Waals surface area contributed by atoms with E-state index in [1.807, 2.05) is 13.8 Å². The number of nitrogens with one attached hydrogen (secondary N) is 1. The van der Waals surface area contributed by atoms with E-state index in [-0.39, 0.29) is 24.0 Å². The van der Waals surface area contributed by atoms with E-state index in [1.165, 1.54) is 18.2 Å². The Morgan fingerprint density at radius 3 is 2.44 bits per heavy atom. The highest BCUT2D eigenvalue weighted by Gasteiger charge is 2.12. The van der Waals surface area contributed by atoms with Crippen molar-refractivity contribution in [2.24, 2.45) is 0 Å². The van der Waals surface area contributed by atoms with Crippen LogP contribution in [-0.2, 0) is 6.54 Å². The van der Waals surface area contributed by atoms with Crippen molar-refractivity contribution in [2.45, 2.75) is 26.3 Å². The highest BCUT2D eigenvalue weighted by atomic mass is 19.1. The van der Waals surface area contributed by atoms with Gasteiger partial charge in [-0.3, -0.25) is 0 Å². The molecule has 4 nitrogen and oxygen atoms in total. The van der Waals surface area contributed by atoms with E-state index >= 15 is 0 Å². The zero-order valence-corrected chi connectivity index (χ0v) is 10.1. The van der Waals surface area contributed by atoms with Gasteiger partial charge in [0.2, 0.25) is 5.89 Å². The van der Waals surface area contributed by atoms with Crippen LogP contribution < -0.4 is 5.32 Å². The van der Waals surface area contributed by atoms with Crippen LogP contribution in [0.5, 0.6) is 0 Å². The summed E-state index contributed by atoms with van der Waals surface area (Å²) in [5.74, 6) is -0.623. The normalized spacial score (nSPS) is 10.9. The minimum atomic E-state index is -0.605. The second kappa shape index (κ2) is 5.12. The van der Waals surface area contributed by atoms with Crippen LogP contribution in [-0.4, -0.2) is 10.2 Å². The summed E-state index contributed by atoms with van der Waals surface area (Å²) < 4.78 is 31.9. The third-order valence-corrected chi connectivity index (χ3v) is 2.41. The Hall–Kier alpha value is -1.98. The number of rotatable bonds is 4. The molecule has 0 bridgehead atoms. The predicted molar refractivity (Wildman–Crippen MR) is 62.1 cm³/mol. The van der Waals surface area contributed by atoms with Crippen LogP contribution in [0, 0.1) is 11.6 Å². The Kier molecular flexibility index (Phi) is 3.55. The quantitative estimate of drug-likeness (QED) is 0.909. The zero-order valence-electron chi connectivity index (χ0n) is 10.1. The number of benzene rings is 1. The molecule has 6 heteroatoms. The van der Waals surface area contributed by atoms with Gasteiger partial charge in [-0.2, -0.15) is 0 Å². The first-order valence-corrected chi connectivity index (χ1v) is 5.58. The fraction of sp³-hybridized carbons (Fsp3) is 0.333. The maximum Gasteiger partial charge on any atom is 0.315 e. The molecule has 0 spiro atoms. The highest BCUT2D eigenvalue weighted by Crippen LogP contribution is 2.17. The zero-order chi connectivity index (χ0) is 13.1. The van der Waals surface area contributed by atoms with Crippen LogP contribution in [0.2, 0.25) is 0 Å². The van der Waals surface area contributed by atoms with Crippen molar-refractivity contribution >= 4 is 6.01 Å². The van der Waals surface area contributed by atoms with Crippen LogP contribution in [0.15, 0.2) is 22.6 Å². The molecule has 96 valence electrons. The monoisotopic (exact) mass is 253 g/mol. The molecule has 1 heterocycles. The fourth-order valence-corrected chi connectivity index (χ4v) is 1.40. The molecule has 2 rings (SSSR count). The van der Waals surface area contributed by atoms with E-state index in [2.05, 4.69) is 15.5 Å². The summed E-state index contributed by atoms with van der Waals surface area (Å²) in [6.07, 6.45) is 0. The first-order valence-electron chi connectivity index (χ1n) is 5.58. The fourth-order valence-electron chi connectivity index (χ4n) is 1.40. The van der Waals surface area contributed by atoms with Gasteiger partial charge >= 0.3 is 6.01 Å². The van der Waals surface area contributed by atoms with Crippen LogP contribution in [0.3, 0.4) is 0 Å². The molecule has 18 heavy (non-hydrogen) atoms. The molecule has 0 amide bonds. The van der Waals surface area contributed by atoms with E-state index in [0.717, 1.165) is 0 Å². The Labute approximate surface area is 103 Å². The lowest BCUT2D eigenvalue weighted by Gasteiger charge is -2.04. The van der Waals surface area contributed by atoms with E-state index in [1.54, 1.807) is 0 Å².